The third-order valence-corrected chi connectivity index (χ3v) is 9.47. The third kappa shape index (κ3) is 3.67. The fourth-order valence-corrected chi connectivity index (χ4v) is 7.40. The first-order valence-electron chi connectivity index (χ1n) is 15.7. The zero-order valence-electron chi connectivity index (χ0n) is 24.9. The fraction of sp³-hybridized carbons (Fsp3) is 0. The molecule has 10 rings (SSSR count). The zero-order chi connectivity index (χ0) is 30.2. The molecule has 0 saturated carbocycles. The Morgan fingerprint density at radius 1 is 0.304 bits per heavy atom. The van der Waals surface area contributed by atoms with Gasteiger partial charge < -0.3 is 19.9 Å². The van der Waals surface area contributed by atoms with Crippen LogP contribution < -0.4 is 21.4 Å². The van der Waals surface area contributed by atoms with E-state index >= 15 is 0 Å². The summed E-state index contributed by atoms with van der Waals surface area (Å²) in [5.41, 5.74) is 6.60. The summed E-state index contributed by atoms with van der Waals surface area (Å²) in [6.07, 6.45) is 6.79. The van der Waals surface area contributed by atoms with Crippen LogP contribution in [0.2, 0.25) is 0 Å². The molecule has 0 aliphatic carbocycles. The molecule has 5 aromatic carbocycles. The van der Waals surface area contributed by atoms with Crippen molar-refractivity contribution in [3.05, 3.63) is 177 Å². The van der Waals surface area contributed by atoms with E-state index in [0.29, 0.717) is 0 Å². The van der Waals surface area contributed by atoms with E-state index in [0.717, 1.165) is 55.3 Å². The minimum atomic E-state index is 1.07. The van der Waals surface area contributed by atoms with Gasteiger partial charge in [-0.1, -0.05) is 127 Å². The summed E-state index contributed by atoms with van der Waals surface area (Å²) in [6.45, 7) is 0. The van der Waals surface area contributed by atoms with Crippen LogP contribution in [0, 0.1) is 0 Å². The fourth-order valence-electron chi connectivity index (χ4n) is 7.40. The van der Waals surface area contributed by atoms with Crippen LogP contribution in [-0.4, -0.2) is 19.9 Å². The normalized spacial score (nSPS) is 12.8. The van der Waals surface area contributed by atoms with Crippen LogP contribution >= 0.6 is 0 Å². The highest BCUT2D eigenvalue weighted by Gasteiger charge is 2.18. The molecule has 216 valence electrons. The van der Waals surface area contributed by atoms with Crippen molar-refractivity contribution in [1.82, 2.24) is 19.9 Å². The molecule has 1 aliphatic rings. The van der Waals surface area contributed by atoms with Gasteiger partial charge in [-0.15, -0.1) is 0 Å². The van der Waals surface area contributed by atoms with Gasteiger partial charge in [0.2, 0.25) is 0 Å². The SMILES string of the molecule is C1=c2[nH]c(c3ccccc23)=Cc2[nH]c(c3ccccc23)C(c2ccccc2)=c2[nH]c(c3ccccc23)=Cc2[nH]c1c1ccccc21. The minimum absolute atomic E-state index is 1.07. The highest BCUT2D eigenvalue weighted by Crippen LogP contribution is 2.31. The molecule has 4 N–H and O–H groups in total. The molecule has 0 saturated heterocycles. The minimum Gasteiger partial charge on any atom is -0.354 e. The van der Waals surface area contributed by atoms with E-state index in [1.807, 2.05) is 0 Å². The highest BCUT2D eigenvalue weighted by molar-refractivity contribution is 6.03. The molecule has 9 aromatic rings. The van der Waals surface area contributed by atoms with Crippen molar-refractivity contribution in [1.29, 1.82) is 0 Å². The molecule has 4 nitrogen and oxygen atoms in total. The van der Waals surface area contributed by atoms with Gasteiger partial charge in [0.1, 0.15) is 0 Å². The molecular weight excluding hydrogens is 560 g/mol. The molecule has 0 atom stereocenters. The Bertz CT molecular complexity index is 2910. The van der Waals surface area contributed by atoms with Crippen LogP contribution in [0.1, 0.15) is 28.3 Å². The summed E-state index contributed by atoms with van der Waals surface area (Å²) >= 11 is 0. The van der Waals surface area contributed by atoms with Crippen LogP contribution in [0.5, 0.6) is 0 Å². The van der Waals surface area contributed by atoms with E-state index in [9.17, 15) is 0 Å². The molecule has 0 spiro atoms. The number of rotatable bonds is 1. The van der Waals surface area contributed by atoms with Crippen LogP contribution in [0.25, 0.3) is 66.9 Å². The number of hydrogen-bond acceptors (Lipinski definition) is 0. The van der Waals surface area contributed by atoms with Gasteiger partial charge in [0.25, 0.3) is 0 Å². The first-order chi connectivity index (χ1) is 22.8. The molecule has 0 fully saturated rings. The average molecular weight is 589 g/mol. The van der Waals surface area contributed by atoms with E-state index in [4.69, 9.17) is 0 Å². The van der Waals surface area contributed by atoms with Crippen LogP contribution in [0.15, 0.2) is 127 Å². The molecule has 0 unspecified atom stereocenters. The number of nitrogens with one attached hydrogen (secondary N) is 4. The van der Waals surface area contributed by atoms with Crippen molar-refractivity contribution in [3.63, 3.8) is 0 Å². The number of hydrogen-bond donors (Lipinski definition) is 4. The summed E-state index contributed by atoms with van der Waals surface area (Å²) in [4.78, 5) is 15.4. The summed E-state index contributed by atoms with van der Waals surface area (Å²) < 4.78 is 0. The topological polar surface area (TPSA) is 63.2 Å². The van der Waals surface area contributed by atoms with Gasteiger partial charge in [-0.2, -0.15) is 0 Å². The third-order valence-electron chi connectivity index (χ3n) is 9.47. The van der Waals surface area contributed by atoms with Crippen molar-refractivity contribution in [2.75, 3.05) is 0 Å². The quantitative estimate of drug-likeness (QED) is 0.166. The Labute approximate surface area is 263 Å². The van der Waals surface area contributed by atoms with Gasteiger partial charge in [-0.25, -0.2) is 0 Å². The molecular formula is C42H28N4. The van der Waals surface area contributed by atoms with E-state index in [-0.39, 0.29) is 0 Å². The number of aromatic nitrogens is 4. The van der Waals surface area contributed by atoms with E-state index in [1.54, 1.807) is 0 Å². The zero-order valence-corrected chi connectivity index (χ0v) is 24.9. The molecule has 8 bridgehead atoms. The second kappa shape index (κ2) is 9.62. The maximum atomic E-state index is 3.92. The van der Waals surface area contributed by atoms with Crippen LogP contribution in [0.3, 0.4) is 0 Å². The van der Waals surface area contributed by atoms with Crippen LogP contribution in [-0.2, 0) is 0 Å². The lowest BCUT2D eigenvalue weighted by Gasteiger charge is -2.07. The average Bonchev–Trinajstić information content (AvgIpc) is 3.85. The monoisotopic (exact) mass is 588 g/mol. The molecule has 0 amide bonds. The highest BCUT2D eigenvalue weighted by atomic mass is 14.8. The summed E-state index contributed by atoms with van der Waals surface area (Å²) in [5.74, 6) is 0. The molecule has 5 heterocycles. The number of aromatic amines is 4. The van der Waals surface area contributed by atoms with Gasteiger partial charge in [0.05, 0.1) is 11.0 Å². The molecule has 0 radical (unpaired) electrons. The molecule has 4 aromatic heterocycles. The Balaban J connectivity index is 1.47. The van der Waals surface area contributed by atoms with E-state index in [2.05, 4.69) is 166 Å². The first-order valence-corrected chi connectivity index (χ1v) is 15.7. The predicted molar refractivity (Wildman–Crippen MR) is 190 cm³/mol. The predicted octanol–water partition coefficient (Wildman–Crippen LogP) is 6.66. The van der Waals surface area contributed by atoms with Gasteiger partial charge in [0.15, 0.2) is 0 Å². The molecule has 4 heteroatoms. The summed E-state index contributed by atoms with van der Waals surface area (Å²) in [5, 5.41) is 13.8. The number of H-pyrrole nitrogens is 4. The Kier molecular flexibility index (Phi) is 5.25. The van der Waals surface area contributed by atoms with Crippen molar-refractivity contribution in [2.24, 2.45) is 0 Å². The van der Waals surface area contributed by atoms with Gasteiger partial charge in [-0.05, 0) is 23.8 Å². The maximum Gasteiger partial charge on any atom is 0.0565 e. The van der Waals surface area contributed by atoms with Gasteiger partial charge in [0, 0.05) is 81.8 Å². The standard InChI is InChI=1S/C42H28N4/c1-2-12-25(13-3-1)40-41-32-20-10-8-18-30(32)38(45-41)23-36-28-16-6-4-14-26(28)34(43-36)22-35-27-15-5-7-17-29(27)37(44-35)24-39-31-19-9-11-21-33(31)42(40)46-39/h1-24,43-46H. The van der Waals surface area contributed by atoms with Crippen LogP contribution in [0.4, 0.5) is 0 Å². The largest absolute Gasteiger partial charge is 0.354 e. The van der Waals surface area contributed by atoms with Crippen molar-refractivity contribution in [3.8, 4) is 0 Å². The first kappa shape index (κ1) is 25.1. The number of fused-ring (bicyclic) bond motifs is 20. The molecule has 46 heavy (non-hydrogen) atoms. The second-order valence-electron chi connectivity index (χ2n) is 12.1. The summed E-state index contributed by atoms with van der Waals surface area (Å²) in [6, 6.07) is 45.4. The second-order valence-corrected chi connectivity index (χ2v) is 12.1. The lowest BCUT2D eigenvalue weighted by Crippen LogP contribution is -2.15. The van der Waals surface area contributed by atoms with E-state index < -0.39 is 0 Å². The summed E-state index contributed by atoms with van der Waals surface area (Å²) in [7, 11) is 0. The molecule has 1 aliphatic heterocycles. The van der Waals surface area contributed by atoms with Gasteiger partial charge >= 0.3 is 0 Å². The van der Waals surface area contributed by atoms with E-state index in [1.165, 1.54) is 43.1 Å². The van der Waals surface area contributed by atoms with Gasteiger partial charge in [-0.3, -0.25) is 0 Å². The Hall–Kier alpha value is -6.26. The lowest BCUT2D eigenvalue weighted by molar-refractivity contribution is 1.23. The smallest absolute Gasteiger partial charge is 0.0565 e. The van der Waals surface area contributed by atoms with Crippen molar-refractivity contribution < 1.29 is 0 Å². The van der Waals surface area contributed by atoms with Crippen molar-refractivity contribution >= 4 is 66.9 Å². The van der Waals surface area contributed by atoms with Crippen molar-refractivity contribution in [2.45, 2.75) is 0 Å². The maximum absolute atomic E-state index is 3.92. The Morgan fingerprint density at radius 3 is 1.30 bits per heavy atom. The lowest BCUT2D eigenvalue weighted by atomic mass is 9.98. The number of benzene rings is 5. The Morgan fingerprint density at radius 2 is 0.717 bits per heavy atom.